The molecule has 0 aromatic rings. The van der Waals surface area contributed by atoms with Gasteiger partial charge in [0.2, 0.25) is 0 Å². The molecule has 0 bridgehead atoms. The number of rotatable bonds is 5. The molecule has 10 heteroatoms. The second kappa shape index (κ2) is 11.8. The fraction of sp³-hybridized carbons (Fsp3) is 0.750. The quantitative estimate of drug-likeness (QED) is 0.266. The van der Waals surface area contributed by atoms with Crippen LogP contribution in [0, 0.1) is 0 Å². The van der Waals surface area contributed by atoms with E-state index < -0.39 is 43.0 Å². The number of aliphatic hydroxyl groups excluding tert-OH is 5. The van der Waals surface area contributed by atoms with Crippen LogP contribution < -0.4 is 34.7 Å². The molecule has 18 heavy (non-hydrogen) atoms. The Labute approximate surface area is 125 Å². The predicted molar refractivity (Wildman–Crippen MR) is 49.4 cm³/mol. The van der Waals surface area contributed by atoms with Gasteiger partial charge in [0.1, 0.15) is 24.4 Å². The Kier molecular flexibility index (Phi) is 15.0. The average Bonchev–Trinajstić information content (AvgIpc) is 2.23. The predicted octanol–water partition coefficient (Wildman–Crippen LogP) is -7.73. The number of aliphatic carboxylic acids is 2. The van der Waals surface area contributed by atoms with Crippen LogP contribution in [0.2, 0.25) is 0 Å². The van der Waals surface area contributed by atoms with Crippen LogP contribution in [0.1, 0.15) is 6.92 Å². The number of carbonyl (C=O) groups excluding carboxylic acids is 1. The molecule has 102 valence electrons. The van der Waals surface area contributed by atoms with Crippen LogP contribution in [-0.4, -0.2) is 73.6 Å². The van der Waals surface area contributed by atoms with Gasteiger partial charge in [-0.15, -0.1) is 0 Å². The van der Waals surface area contributed by atoms with Crippen LogP contribution in [0.25, 0.3) is 0 Å². The molecule has 0 radical (unpaired) electrons. The molecule has 4 unspecified atom stereocenters. The molecule has 0 rings (SSSR count). The third kappa shape index (κ3) is 10.9. The van der Waals surface area contributed by atoms with Crippen molar-refractivity contribution in [1.82, 2.24) is 0 Å². The third-order valence-corrected chi connectivity index (χ3v) is 1.50. The maximum atomic E-state index is 9.98. The summed E-state index contributed by atoms with van der Waals surface area (Å²) in [6.45, 7) is 0.220. The first-order valence-electron chi connectivity index (χ1n) is 4.38. The molecule has 6 N–H and O–H groups in total. The summed E-state index contributed by atoms with van der Waals surface area (Å²) in [4.78, 5) is 19.0. The van der Waals surface area contributed by atoms with Crippen molar-refractivity contribution in [2.45, 2.75) is 31.3 Å². The van der Waals surface area contributed by atoms with Gasteiger partial charge < -0.3 is 40.5 Å². The standard InChI is InChI=1S/C6H12O7.C2H4O2.Na/c7-1-2(8)3(9)4(10)5(11)6(12)13;1-2(3)4;/h2-5,7-11H,1H2,(H,12,13);1H3,(H,3,4);/q;;+1/p-1. The van der Waals surface area contributed by atoms with E-state index in [-0.39, 0.29) is 29.6 Å². The first kappa shape index (κ1) is 22.9. The monoisotopic (exact) mass is 278 g/mol. The van der Waals surface area contributed by atoms with Gasteiger partial charge in [0, 0.05) is 6.92 Å². The van der Waals surface area contributed by atoms with Crippen molar-refractivity contribution >= 4 is 11.9 Å². The van der Waals surface area contributed by atoms with E-state index in [1.54, 1.807) is 0 Å². The average molecular weight is 278 g/mol. The Morgan fingerprint density at radius 1 is 1.11 bits per heavy atom. The molecule has 0 fully saturated rings. The molecule has 0 heterocycles. The molecule has 0 saturated heterocycles. The van der Waals surface area contributed by atoms with Gasteiger partial charge in [0.05, 0.1) is 12.6 Å². The second-order valence-corrected chi connectivity index (χ2v) is 3.01. The van der Waals surface area contributed by atoms with Crippen LogP contribution in [-0.2, 0) is 9.59 Å². The molecule has 0 saturated carbocycles. The van der Waals surface area contributed by atoms with Crippen LogP contribution >= 0.6 is 0 Å². The molecule has 0 aliphatic rings. The van der Waals surface area contributed by atoms with Crippen molar-refractivity contribution in [3.63, 3.8) is 0 Å². The van der Waals surface area contributed by atoms with E-state index in [1.807, 2.05) is 0 Å². The number of aliphatic hydroxyl groups is 5. The Balaban J connectivity index is -0.000000392. The normalized spacial score (nSPS) is 16.1. The van der Waals surface area contributed by atoms with Crippen molar-refractivity contribution in [3.8, 4) is 0 Å². The molecule has 4 atom stereocenters. The van der Waals surface area contributed by atoms with Gasteiger partial charge in [0.25, 0.3) is 5.97 Å². The van der Waals surface area contributed by atoms with Gasteiger partial charge in [0.15, 0.2) is 0 Å². The molecule has 0 aliphatic carbocycles. The maximum Gasteiger partial charge on any atom is 1.00 e. The summed E-state index contributed by atoms with van der Waals surface area (Å²) in [5, 5.41) is 60.9. The zero-order valence-electron chi connectivity index (χ0n) is 9.92. The number of carboxylic acids is 2. The van der Waals surface area contributed by atoms with Crippen LogP contribution in [0.4, 0.5) is 0 Å². The zero-order chi connectivity index (χ0) is 14.2. The second-order valence-electron chi connectivity index (χ2n) is 3.01. The summed E-state index contributed by atoms with van der Waals surface area (Å²) in [7, 11) is 0. The molecule has 0 aliphatic heterocycles. The minimum absolute atomic E-state index is 0. The van der Waals surface area contributed by atoms with Crippen LogP contribution in [0.3, 0.4) is 0 Å². The van der Waals surface area contributed by atoms with Crippen molar-refractivity contribution in [3.05, 3.63) is 0 Å². The van der Waals surface area contributed by atoms with Crippen LogP contribution in [0.15, 0.2) is 0 Å². The molecule has 0 aromatic heterocycles. The minimum Gasteiger partial charge on any atom is -0.547 e. The van der Waals surface area contributed by atoms with Gasteiger partial charge in [-0.05, 0) is 0 Å². The van der Waals surface area contributed by atoms with Gasteiger partial charge in [-0.3, -0.25) is 4.79 Å². The first-order valence-corrected chi connectivity index (χ1v) is 4.38. The van der Waals surface area contributed by atoms with Gasteiger partial charge >= 0.3 is 29.6 Å². The van der Waals surface area contributed by atoms with Gasteiger partial charge in [-0.2, -0.15) is 0 Å². The number of carboxylic acid groups (broad SMARTS) is 2. The Morgan fingerprint density at radius 3 is 1.67 bits per heavy atom. The van der Waals surface area contributed by atoms with E-state index in [0.717, 1.165) is 6.92 Å². The minimum atomic E-state index is -2.31. The summed E-state index contributed by atoms with van der Waals surface area (Å²) in [5.74, 6) is -2.81. The molecule has 0 amide bonds. The van der Waals surface area contributed by atoms with Crippen molar-refractivity contribution < 1.29 is 74.9 Å². The van der Waals surface area contributed by atoms with E-state index in [9.17, 15) is 9.90 Å². The smallest absolute Gasteiger partial charge is 0.547 e. The molecule has 9 nitrogen and oxygen atoms in total. The number of hydrogen-bond acceptors (Lipinski definition) is 8. The number of carbonyl (C=O) groups is 2. The zero-order valence-corrected chi connectivity index (χ0v) is 11.9. The van der Waals surface area contributed by atoms with E-state index >= 15 is 0 Å². The van der Waals surface area contributed by atoms with Crippen molar-refractivity contribution in [1.29, 1.82) is 0 Å². The Morgan fingerprint density at radius 2 is 1.44 bits per heavy atom. The van der Waals surface area contributed by atoms with E-state index in [2.05, 4.69) is 0 Å². The maximum absolute atomic E-state index is 9.98. The van der Waals surface area contributed by atoms with Gasteiger partial charge in [-0.25, -0.2) is 0 Å². The van der Waals surface area contributed by atoms with Crippen molar-refractivity contribution in [2.24, 2.45) is 0 Å². The fourth-order valence-electron chi connectivity index (χ4n) is 0.662. The summed E-state index contributed by atoms with van der Waals surface area (Å²) in [6.07, 6.45) is -8.08. The Hall–Kier alpha value is -0.260. The van der Waals surface area contributed by atoms with Crippen molar-refractivity contribution in [2.75, 3.05) is 6.61 Å². The van der Waals surface area contributed by atoms with E-state index in [1.165, 1.54) is 0 Å². The molecule has 0 aromatic carbocycles. The summed E-state index contributed by atoms with van der Waals surface area (Å²) in [6, 6.07) is 0. The molecular weight excluding hydrogens is 263 g/mol. The Bertz CT molecular complexity index is 243. The summed E-state index contributed by atoms with van der Waals surface area (Å²) in [5.41, 5.74) is 0. The third-order valence-electron chi connectivity index (χ3n) is 1.50. The van der Waals surface area contributed by atoms with Crippen LogP contribution in [0.5, 0.6) is 0 Å². The summed E-state index contributed by atoms with van der Waals surface area (Å²) < 4.78 is 0. The van der Waals surface area contributed by atoms with Gasteiger partial charge in [-0.1, -0.05) is 0 Å². The molecule has 0 spiro atoms. The van der Waals surface area contributed by atoms with E-state index in [0.29, 0.717) is 0 Å². The largest absolute Gasteiger partial charge is 1.00 e. The number of hydrogen-bond donors (Lipinski definition) is 6. The fourth-order valence-corrected chi connectivity index (χ4v) is 0.662. The van der Waals surface area contributed by atoms with E-state index in [4.69, 9.17) is 35.4 Å². The molecular formula is C8H15NaO9. The SMILES string of the molecule is CC(=O)O.O=C([O-])C(O)C(O)C(O)C(O)CO.[Na+]. The first-order chi connectivity index (χ1) is 7.64. The summed E-state index contributed by atoms with van der Waals surface area (Å²) >= 11 is 0. The topological polar surface area (TPSA) is 179 Å².